The number of imidazole rings is 1. The van der Waals surface area contributed by atoms with Gasteiger partial charge < -0.3 is 9.30 Å². The maximum Gasteiger partial charge on any atom is 0.260 e. The number of nitrogens with one attached hydrogen (secondary N) is 1. The number of nitrogens with zero attached hydrogens (tertiary/aromatic N) is 3. The number of aromatic nitrogens is 2. The molecule has 6 nitrogen and oxygen atoms in total. The molecule has 0 atom stereocenters. The van der Waals surface area contributed by atoms with Crippen LogP contribution in [0.1, 0.15) is 11.4 Å². The first kappa shape index (κ1) is 13.8. The summed E-state index contributed by atoms with van der Waals surface area (Å²) < 4.78 is 6.81. The number of hydrogen-bond acceptors (Lipinski definition) is 4. The van der Waals surface area contributed by atoms with Crippen LogP contribution in [0.25, 0.3) is 0 Å². The first-order valence-corrected chi connectivity index (χ1v) is 6.13. The van der Waals surface area contributed by atoms with Gasteiger partial charge in [-0.05, 0) is 36.8 Å². The number of aryl methyl sites for hydroxylation is 1. The molecule has 2 aromatic rings. The van der Waals surface area contributed by atoms with E-state index in [0.29, 0.717) is 0 Å². The molecule has 0 saturated heterocycles. The molecule has 1 aromatic heterocycles. The van der Waals surface area contributed by atoms with Crippen LogP contribution in [0.2, 0.25) is 0 Å². The van der Waals surface area contributed by atoms with Gasteiger partial charge in [0.2, 0.25) is 0 Å². The Balaban J connectivity index is 1.86. The van der Waals surface area contributed by atoms with Crippen molar-refractivity contribution in [2.24, 2.45) is 5.10 Å². The van der Waals surface area contributed by atoms with E-state index >= 15 is 0 Å². The van der Waals surface area contributed by atoms with E-state index in [4.69, 9.17) is 4.74 Å². The van der Waals surface area contributed by atoms with Crippen molar-refractivity contribution < 1.29 is 9.53 Å². The fourth-order valence-electron chi connectivity index (χ4n) is 1.63. The van der Waals surface area contributed by atoms with Gasteiger partial charge in [0.05, 0.1) is 13.3 Å². The van der Waals surface area contributed by atoms with E-state index in [9.17, 15) is 4.79 Å². The highest BCUT2D eigenvalue weighted by atomic mass is 16.5. The number of hydrogen-bond donors (Lipinski definition) is 1. The summed E-state index contributed by atoms with van der Waals surface area (Å²) in [6.45, 7) is 2.04. The summed E-state index contributed by atoms with van der Waals surface area (Å²) >= 11 is 0. The third-order valence-corrected chi connectivity index (χ3v) is 2.76. The van der Waals surface area contributed by atoms with Crippen molar-refractivity contribution in [1.29, 1.82) is 0 Å². The average Bonchev–Trinajstić information content (AvgIpc) is 2.85. The highest BCUT2D eigenvalue weighted by molar-refractivity contribution is 5.82. The number of carbonyl (C=O) groups is 1. The smallest absolute Gasteiger partial charge is 0.260 e. The van der Waals surface area contributed by atoms with Crippen molar-refractivity contribution in [3.05, 3.63) is 48.0 Å². The molecule has 0 unspecified atom stereocenters. The lowest BCUT2D eigenvalue weighted by Crippen LogP contribution is -2.23. The van der Waals surface area contributed by atoms with Gasteiger partial charge in [-0.1, -0.05) is 0 Å². The Hall–Kier alpha value is -2.63. The molecule has 2 rings (SSSR count). The monoisotopic (exact) mass is 272 g/mol. The SMILES string of the molecule is COc1ccc(/C=N\NC(=O)Cn2ccnc2C)cc1. The molecule has 1 heterocycles. The topological polar surface area (TPSA) is 68.5 Å². The number of rotatable bonds is 5. The Labute approximate surface area is 117 Å². The summed E-state index contributed by atoms with van der Waals surface area (Å²) in [5.74, 6) is 1.37. The molecule has 0 aliphatic carbocycles. The summed E-state index contributed by atoms with van der Waals surface area (Å²) in [7, 11) is 1.61. The Morgan fingerprint density at radius 1 is 1.45 bits per heavy atom. The molecule has 20 heavy (non-hydrogen) atoms. The number of benzene rings is 1. The molecule has 1 amide bonds. The molecule has 1 N–H and O–H groups in total. The van der Waals surface area contributed by atoms with E-state index in [2.05, 4.69) is 15.5 Å². The second-order valence-electron chi connectivity index (χ2n) is 4.17. The fraction of sp³-hybridized carbons (Fsp3) is 0.214. The van der Waals surface area contributed by atoms with E-state index in [0.717, 1.165) is 17.1 Å². The highest BCUT2D eigenvalue weighted by Crippen LogP contribution is 2.09. The zero-order chi connectivity index (χ0) is 14.4. The van der Waals surface area contributed by atoms with Gasteiger partial charge in [-0.15, -0.1) is 0 Å². The lowest BCUT2D eigenvalue weighted by Gasteiger charge is -2.03. The van der Waals surface area contributed by atoms with Crippen LogP contribution in [0.4, 0.5) is 0 Å². The first-order chi connectivity index (χ1) is 9.69. The molecular weight excluding hydrogens is 256 g/mol. The van der Waals surface area contributed by atoms with Crippen molar-refractivity contribution in [1.82, 2.24) is 15.0 Å². The maximum atomic E-state index is 11.7. The lowest BCUT2D eigenvalue weighted by molar-refractivity contribution is -0.121. The van der Waals surface area contributed by atoms with Gasteiger partial charge >= 0.3 is 0 Å². The van der Waals surface area contributed by atoms with Gasteiger partial charge in [0.15, 0.2) is 0 Å². The number of carbonyl (C=O) groups excluding carboxylic acids is 1. The third kappa shape index (κ3) is 3.68. The third-order valence-electron chi connectivity index (χ3n) is 2.76. The van der Waals surface area contributed by atoms with Crippen LogP contribution in [0, 0.1) is 6.92 Å². The van der Waals surface area contributed by atoms with Gasteiger partial charge in [-0.2, -0.15) is 5.10 Å². The van der Waals surface area contributed by atoms with Gasteiger partial charge in [0.1, 0.15) is 18.1 Å². The maximum absolute atomic E-state index is 11.7. The van der Waals surface area contributed by atoms with E-state index in [1.165, 1.54) is 0 Å². The largest absolute Gasteiger partial charge is 0.497 e. The van der Waals surface area contributed by atoms with E-state index < -0.39 is 0 Å². The van der Waals surface area contributed by atoms with Crippen molar-refractivity contribution in [3.63, 3.8) is 0 Å². The average molecular weight is 272 g/mol. The van der Waals surface area contributed by atoms with Gasteiger partial charge in [-0.3, -0.25) is 4.79 Å². The second-order valence-corrected chi connectivity index (χ2v) is 4.17. The Kier molecular flexibility index (Phi) is 4.49. The van der Waals surface area contributed by atoms with Crippen LogP contribution in [-0.4, -0.2) is 28.8 Å². The predicted octanol–water partition coefficient (Wildman–Crippen LogP) is 1.35. The normalized spacial score (nSPS) is 10.7. The molecule has 0 bridgehead atoms. The first-order valence-electron chi connectivity index (χ1n) is 6.13. The van der Waals surface area contributed by atoms with Crippen molar-refractivity contribution >= 4 is 12.1 Å². The molecule has 0 aliphatic heterocycles. The molecule has 0 aliphatic rings. The van der Waals surface area contributed by atoms with Crippen LogP contribution in [0.15, 0.2) is 41.8 Å². The molecule has 104 valence electrons. The van der Waals surface area contributed by atoms with Crippen LogP contribution < -0.4 is 10.2 Å². The summed E-state index contributed by atoms with van der Waals surface area (Å²) in [5.41, 5.74) is 3.36. The fourth-order valence-corrected chi connectivity index (χ4v) is 1.63. The van der Waals surface area contributed by atoms with Gasteiger partial charge in [0, 0.05) is 12.4 Å². The number of hydrazone groups is 1. The Morgan fingerprint density at radius 2 is 2.20 bits per heavy atom. The van der Waals surface area contributed by atoms with E-state index in [1.807, 2.05) is 31.2 Å². The quantitative estimate of drug-likeness (QED) is 0.660. The van der Waals surface area contributed by atoms with E-state index in [-0.39, 0.29) is 12.5 Å². The van der Waals surface area contributed by atoms with Crippen LogP contribution in [0.5, 0.6) is 5.75 Å². The lowest BCUT2D eigenvalue weighted by atomic mass is 10.2. The number of amides is 1. The molecule has 6 heteroatoms. The van der Waals surface area contributed by atoms with Crippen molar-refractivity contribution in [2.75, 3.05) is 7.11 Å². The molecule has 0 fully saturated rings. The minimum absolute atomic E-state index is 0.198. The number of ether oxygens (including phenoxy) is 1. The van der Waals surface area contributed by atoms with Crippen LogP contribution >= 0.6 is 0 Å². The Bertz CT molecular complexity index is 602. The minimum Gasteiger partial charge on any atom is -0.497 e. The molecule has 1 aromatic carbocycles. The zero-order valence-corrected chi connectivity index (χ0v) is 11.4. The summed E-state index contributed by atoms with van der Waals surface area (Å²) in [4.78, 5) is 15.7. The summed E-state index contributed by atoms with van der Waals surface area (Å²) in [6.07, 6.45) is 4.99. The molecular formula is C14H16N4O2. The van der Waals surface area contributed by atoms with E-state index in [1.54, 1.807) is 30.3 Å². The van der Waals surface area contributed by atoms with Crippen LogP contribution in [-0.2, 0) is 11.3 Å². The highest BCUT2D eigenvalue weighted by Gasteiger charge is 2.03. The molecule has 0 saturated carbocycles. The second kappa shape index (κ2) is 6.51. The zero-order valence-electron chi connectivity index (χ0n) is 11.4. The summed E-state index contributed by atoms with van der Waals surface area (Å²) in [6, 6.07) is 7.37. The van der Waals surface area contributed by atoms with Crippen LogP contribution in [0.3, 0.4) is 0 Å². The van der Waals surface area contributed by atoms with Crippen molar-refractivity contribution in [2.45, 2.75) is 13.5 Å². The van der Waals surface area contributed by atoms with Gasteiger partial charge in [-0.25, -0.2) is 10.4 Å². The van der Waals surface area contributed by atoms with Gasteiger partial charge in [0.25, 0.3) is 5.91 Å². The molecule has 0 radical (unpaired) electrons. The predicted molar refractivity (Wildman–Crippen MR) is 75.7 cm³/mol. The summed E-state index contributed by atoms with van der Waals surface area (Å²) in [5, 5.41) is 3.91. The minimum atomic E-state index is -0.198. The number of methoxy groups -OCH3 is 1. The molecule has 0 spiro atoms. The van der Waals surface area contributed by atoms with Crippen molar-refractivity contribution in [3.8, 4) is 5.75 Å². The Morgan fingerprint density at radius 3 is 2.80 bits per heavy atom. The standard InChI is InChI=1S/C14H16N4O2/c1-11-15-7-8-18(11)10-14(19)17-16-9-12-3-5-13(20-2)6-4-12/h3-9H,10H2,1-2H3,(H,17,19)/b16-9-.